The number of hydrogen-bond acceptors (Lipinski definition) is 6. The Morgan fingerprint density at radius 2 is 1.96 bits per heavy atom. The molecule has 7 nitrogen and oxygen atoms in total. The van der Waals surface area contributed by atoms with Crippen LogP contribution in [0.1, 0.15) is 34.1 Å². The summed E-state index contributed by atoms with van der Waals surface area (Å²) in [6, 6.07) is 6.22. The molecule has 2 atom stereocenters. The molecule has 0 aliphatic carbocycles. The van der Waals surface area contributed by atoms with Crippen LogP contribution in [-0.4, -0.2) is 56.9 Å². The van der Waals surface area contributed by atoms with Crippen molar-refractivity contribution in [3.63, 3.8) is 0 Å². The van der Waals surface area contributed by atoms with E-state index in [0.29, 0.717) is 19.6 Å². The predicted octanol–water partition coefficient (Wildman–Crippen LogP) is 3.57. The fourth-order valence-corrected chi connectivity index (χ4v) is 4.04. The number of carbonyl (C=O) groups is 1. The maximum atomic E-state index is 12.6. The van der Waals surface area contributed by atoms with Crippen LogP contribution in [0.25, 0.3) is 0 Å². The lowest BCUT2D eigenvalue weighted by Crippen LogP contribution is -2.51. The molecule has 27 heavy (non-hydrogen) atoms. The molecule has 1 aromatic carbocycles. The number of nitrogens with zero attached hydrogens (tertiary/aromatic N) is 1. The third-order valence-electron chi connectivity index (χ3n) is 3.91. The number of carbonyl (C=O) groups excluding carboxylic acids is 1. The molecule has 2 rings (SSSR count). The van der Waals surface area contributed by atoms with Crippen molar-refractivity contribution >= 4 is 32.1 Å². The highest BCUT2D eigenvalue weighted by Gasteiger charge is 2.35. The smallest absolute Gasteiger partial charge is 0.410 e. The van der Waals surface area contributed by atoms with E-state index in [-0.39, 0.29) is 11.4 Å². The van der Waals surface area contributed by atoms with Crippen LogP contribution in [0.15, 0.2) is 33.6 Å². The van der Waals surface area contributed by atoms with Gasteiger partial charge in [-0.05, 0) is 51.5 Å². The van der Waals surface area contributed by atoms with Gasteiger partial charge in [0, 0.05) is 11.0 Å². The summed E-state index contributed by atoms with van der Waals surface area (Å²) in [5.74, 6) is 0. The second kappa shape index (κ2) is 8.89. The highest BCUT2D eigenvalue weighted by molar-refractivity contribution is 9.10. The summed E-state index contributed by atoms with van der Waals surface area (Å²) in [5.41, 5.74) is -0.601. The van der Waals surface area contributed by atoms with Gasteiger partial charge < -0.3 is 14.4 Å². The molecule has 1 aliphatic heterocycles. The van der Waals surface area contributed by atoms with E-state index >= 15 is 0 Å². The fraction of sp³-hybridized carbons (Fsp3) is 0.611. The molecule has 0 aromatic heterocycles. The van der Waals surface area contributed by atoms with Crippen LogP contribution in [0.3, 0.4) is 0 Å². The summed E-state index contributed by atoms with van der Waals surface area (Å²) in [5, 5.41) is 0. The molecular weight excluding hydrogens is 438 g/mol. The molecule has 0 spiro atoms. The number of amides is 1. The normalized spacial score (nSPS) is 19.6. The minimum Gasteiger partial charge on any atom is -0.444 e. The van der Waals surface area contributed by atoms with Crippen LogP contribution in [-0.2, 0) is 23.8 Å². The predicted molar refractivity (Wildman–Crippen MR) is 104 cm³/mol. The van der Waals surface area contributed by atoms with Crippen LogP contribution in [0, 0.1) is 0 Å². The zero-order valence-corrected chi connectivity index (χ0v) is 18.4. The van der Waals surface area contributed by atoms with E-state index in [4.69, 9.17) is 13.7 Å². The summed E-state index contributed by atoms with van der Waals surface area (Å²) < 4.78 is 42.4. The summed E-state index contributed by atoms with van der Waals surface area (Å²) in [7, 11) is -3.94. The second-order valence-corrected chi connectivity index (χ2v) is 9.77. The Kier molecular flexibility index (Phi) is 7.29. The summed E-state index contributed by atoms with van der Waals surface area (Å²) in [4.78, 5) is 13.9. The molecule has 0 radical (unpaired) electrons. The molecule has 1 heterocycles. The van der Waals surface area contributed by atoms with E-state index in [0.717, 1.165) is 4.47 Å². The zero-order chi connectivity index (χ0) is 20.2. The van der Waals surface area contributed by atoms with E-state index in [2.05, 4.69) is 15.9 Å². The lowest BCUT2D eigenvalue weighted by atomic mass is 10.1. The molecule has 0 bridgehead atoms. The van der Waals surface area contributed by atoms with Gasteiger partial charge in [-0.25, -0.2) is 4.79 Å². The van der Waals surface area contributed by atoms with Gasteiger partial charge in [0.25, 0.3) is 10.1 Å². The molecule has 1 aromatic rings. The zero-order valence-electron chi connectivity index (χ0n) is 16.0. The van der Waals surface area contributed by atoms with Crippen molar-refractivity contribution in [1.82, 2.24) is 4.90 Å². The molecule has 1 fully saturated rings. The Balaban J connectivity index is 2.07. The SMILES string of the molecule is CC[C@@H](OS(=O)(=O)c1ccc(Br)cc1)[C@H]1CN(C(=O)OC(C)(C)C)CCO1. The van der Waals surface area contributed by atoms with Crippen molar-refractivity contribution in [3.05, 3.63) is 28.7 Å². The molecular formula is C18H26BrNO6S. The first-order valence-electron chi connectivity index (χ1n) is 8.80. The van der Waals surface area contributed by atoms with Gasteiger partial charge in [0.1, 0.15) is 17.8 Å². The number of rotatable bonds is 5. The minimum atomic E-state index is -3.94. The average molecular weight is 464 g/mol. The van der Waals surface area contributed by atoms with Crippen molar-refractivity contribution in [2.45, 2.75) is 56.8 Å². The number of ether oxygens (including phenoxy) is 2. The van der Waals surface area contributed by atoms with E-state index in [1.807, 2.05) is 6.92 Å². The number of halogens is 1. The first kappa shape index (κ1) is 22.1. The van der Waals surface area contributed by atoms with Gasteiger partial charge in [-0.3, -0.25) is 4.18 Å². The van der Waals surface area contributed by atoms with Crippen LogP contribution >= 0.6 is 15.9 Å². The van der Waals surface area contributed by atoms with Gasteiger partial charge in [-0.1, -0.05) is 22.9 Å². The standard InChI is InChI=1S/C18H26BrNO6S/c1-5-15(26-27(22,23)14-8-6-13(19)7-9-14)16-12-20(10-11-24-16)17(21)25-18(2,3)4/h6-9,15-16H,5,10-12H2,1-4H3/t15-,16-/m1/s1. The number of benzene rings is 1. The third-order valence-corrected chi connectivity index (χ3v) is 5.79. The quantitative estimate of drug-likeness (QED) is 0.620. The van der Waals surface area contributed by atoms with Gasteiger partial charge in [0.05, 0.1) is 18.0 Å². The van der Waals surface area contributed by atoms with E-state index in [1.165, 1.54) is 17.0 Å². The largest absolute Gasteiger partial charge is 0.444 e. The second-order valence-electron chi connectivity index (χ2n) is 7.29. The molecule has 0 unspecified atom stereocenters. The topological polar surface area (TPSA) is 82.1 Å². The molecule has 152 valence electrons. The van der Waals surface area contributed by atoms with E-state index < -0.39 is 34.0 Å². The van der Waals surface area contributed by atoms with Gasteiger partial charge >= 0.3 is 6.09 Å². The Morgan fingerprint density at radius 1 is 1.33 bits per heavy atom. The van der Waals surface area contributed by atoms with Crippen molar-refractivity contribution in [1.29, 1.82) is 0 Å². The fourth-order valence-electron chi connectivity index (χ4n) is 2.61. The molecule has 0 saturated carbocycles. The molecule has 1 amide bonds. The van der Waals surface area contributed by atoms with Crippen molar-refractivity contribution in [2.24, 2.45) is 0 Å². The van der Waals surface area contributed by atoms with Crippen LogP contribution in [0.5, 0.6) is 0 Å². The summed E-state index contributed by atoms with van der Waals surface area (Å²) >= 11 is 3.28. The molecule has 9 heteroatoms. The van der Waals surface area contributed by atoms with Crippen LogP contribution in [0.2, 0.25) is 0 Å². The molecule has 1 saturated heterocycles. The number of morpholine rings is 1. The highest BCUT2D eigenvalue weighted by atomic mass is 79.9. The lowest BCUT2D eigenvalue weighted by molar-refractivity contribution is -0.0815. The van der Waals surface area contributed by atoms with Crippen LogP contribution < -0.4 is 0 Å². The van der Waals surface area contributed by atoms with E-state index in [9.17, 15) is 13.2 Å². The Labute approximate surface area is 169 Å². The maximum Gasteiger partial charge on any atom is 0.410 e. The van der Waals surface area contributed by atoms with E-state index in [1.54, 1.807) is 32.9 Å². The Bertz CT molecular complexity index is 744. The average Bonchev–Trinajstić information content (AvgIpc) is 2.59. The van der Waals surface area contributed by atoms with Crippen molar-refractivity contribution in [3.8, 4) is 0 Å². The first-order chi connectivity index (χ1) is 12.5. The highest BCUT2D eigenvalue weighted by Crippen LogP contribution is 2.23. The third kappa shape index (κ3) is 6.44. The lowest BCUT2D eigenvalue weighted by Gasteiger charge is -2.36. The van der Waals surface area contributed by atoms with Gasteiger partial charge in [0.2, 0.25) is 0 Å². The molecule has 0 N–H and O–H groups in total. The van der Waals surface area contributed by atoms with Gasteiger partial charge in [0.15, 0.2) is 0 Å². The number of hydrogen-bond donors (Lipinski definition) is 0. The Hall–Kier alpha value is -1.16. The van der Waals surface area contributed by atoms with Gasteiger partial charge in [-0.15, -0.1) is 0 Å². The van der Waals surface area contributed by atoms with Gasteiger partial charge in [-0.2, -0.15) is 8.42 Å². The summed E-state index contributed by atoms with van der Waals surface area (Å²) in [6.45, 7) is 8.10. The van der Waals surface area contributed by atoms with Crippen molar-refractivity contribution < 1.29 is 26.9 Å². The Morgan fingerprint density at radius 3 is 2.52 bits per heavy atom. The molecule has 1 aliphatic rings. The monoisotopic (exact) mass is 463 g/mol. The minimum absolute atomic E-state index is 0.0731. The maximum absolute atomic E-state index is 12.6. The van der Waals surface area contributed by atoms with Crippen LogP contribution in [0.4, 0.5) is 4.79 Å². The first-order valence-corrected chi connectivity index (χ1v) is 11.0. The summed E-state index contributed by atoms with van der Waals surface area (Å²) in [6.07, 6.45) is -1.28. The van der Waals surface area contributed by atoms with Crippen molar-refractivity contribution in [2.75, 3.05) is 19.7 Å².